The van der Waals surface area contributed by atoms with E-state index in [2.05, 4.69) is 28.9 Å². The molecule has 2 rings (SSSR count). The van der Waals surface area contributed by atoms with Crippen molar-refractivity contribution in [3.05, 3.63) is 23.9 Å². The Morgan fingerprint density at radius 2 is 2.11 bits per heavy atom. The van der Waals surface area contributed by atoms with Gasteiger partial charge in [0.25, 0.3) is 0 Å². The Kier molecular flexibility index (Phi) is 4.77. The molecule has 1 saturated heterocycles. The number of hydrogen-bond acceptors (Lipinski definition) is 4. The summed E-state index contributed by atoms with van der Waals surface area (Å²) >= 11 is 0. The van der Waals surface area contributed by atoms with Crippen LogP contribution in [0.25, 0.3) is 0 Å². The zero-order chi connectivity index (χ0) is 13.8. The van der Waals surface area contributed by atoms with Crippen LogP contribution in [0, 0.1) is 5.92 Å². The van der Waals surface area contributed by atoms with Gasteiger partial charge in [-0.1, -0.05) is 6.07 Å². The fourth-order valence-corrected chi connectivity index (χ4v) is 2.60. The topological polar surface area (TPSA) is 39.6 Å². The molecule has 2 heterocycles. The zero-order valence-corrected chi connectivity index (χ0v) is 12.2. The average molecular weight is 263 g/mol. The molecule has 1 aliphatic heterocycles. The van der Waals surface area contributed by atoms with Crippen LogP contribution in [0.2, 0.25) is 0 Å². The maximum absolute atomic E-state index is 9.48. The van der Waals surface area contributed by atoms with E-state index in [1.165, 1.54) is 25.9 Å². The van der Waals surface area contributed by atoms with Gasteiger partial charge in [0, 0.05) is 19.8 Å². The van der Waals surface area contributed by atoms with E-state index in [-0.39, 0.29) is 0 Å². The summed E-state index contributed by atoms with van der Waals surface area (Å²) in [6.07, 6.45) is 3.87. The van der Waals surface area contributed by atoms with Crippen molar-refractivity contribution >= 4 is 5.82 Å². The fraction of sp³-hybridized carbons (Fsp3) is 0.667. The predicted octanol–water partition coefficient (Wildman–Crippen LogP) is 1.91. The van der Waals surface area contributed by atoms with Gasteiger partial charge in [-0.05, 0) is 57.5 Å². The molecule has 0 saturated carbocycles. The molecule has 0 aromatic carbocycles. The molecule has 4 heteroatoms. The molecule has 19 heavy (non-hydrogen) atoms. The second-order valence-corrected chi connectivity index (χ2v) is 5.75. The SMILES string of the molecule is CC(O)c1ccc(N(C)CC2CCN(C)CC2)nc1. The van der Waals surface area contributed by atoms with Crippen LogP contribution >= 0.6 is 0 Å². The maximum atomic E-state index is 9.48. The van der Waals surface area contributed by atoms with E-state index in [9.17, 15) is 5.11 Å². The average Bonchev–Trinajstić information content (AvgIpc) is 2.41. The van der Waals surface area contributed by atoms with E-state index in [0.29, 0.717) is 0 Å². The molecule has 0 bridgehead atoms. The van der Waals surface area contributed by atoms with Crippen molar-refractivity contribution in [2.75, 3.05) is 38.6 Å². The van der Waals surface area contributed by atoms with Crippen LogP contribution < -0.4 is 4.90 Å². The van der Waals surface area contributed by atoms with Gasteiger partial charge in [-0.3, -0.25) is 0 Å². The van der Waals surface area contributed by atoms with E-state index >= 15 is 0 Å². The molecular weight excluding hydrogens is 238 g/mol. The van der Waals surface area contributed by atoms with Crippen molar-refractivity contribution in [3.8, 4) is 0 Å². The molecule has 0 aliphatic carbocycles. The summed E-state index contributed by atoms with van der Waals surface area (Å²) in [7, 11) is 4.29. The lowest BCUT2D eigenvalue weighted by molar-refractivity contribution is 0.199. The third-order valence-electron chi connectivity index (χ3n) is 4.01. The Labute approximate surface area is 116 Å². The normalized spacial score (nSPS) is 19.4. The summed E-state index contributed by atoms with van der Waals surface area (Å²) in [5.41, 5.74) is 0.872. The minimum atomic E-state index is -0.444. The van der Waals surface area contributed by atoms with Crippen LogP contribution in [0.15, 0.2) is 18.3 Å². The molecule has 1 aromatic heterocycles. The van der Waals surface area contributed by atoms with Gasteiger partial charge in [0.15, 0.2) is 0 Å². The van der Waals surface area contributed by atoms with Crippen LogP contribution in [0.4, 0.5) is 5.82 Å². The van der Waals surface area contributed by atoms with Crippen LogP contribution in [-0.2, 0) is 0 Å². The first-order chi connectivity index (χ1) is 9.06. The van der Waals surface area contributed by atoms with Crippen molar-refractivity contribution in [1.82, 2.24) is 9.88 Å². The van der Waals surface area contributed by atoms with E-state index in [1.54, 1.807) is 13.1 Å². The third kappa shape index (κ3) is 3.91. The van der Waals surface area contributed by atoms with Gasteiger partial charge in [-0.15, -0.1) is 0 Å². The first-order valence-electron chi connectivity index (χ1n) is 7.10. The molecule has 1 fully saturated rings. The van der Waals surface area contributed by atoms with E-state index in [0.717, 1.165) is 23.8 Å². The second kappa shape index (κ2) is 6.35. The lowest BCUT2D eigenvalue weighted by atomic mass is 9.97. The number of likely N-dealkylation sites (tertiary alicyclic amines) is 1. The highest BCUT2D eigenvalue weighted by atomic mass is 16.3. The number of aliphatic hydroxyl groups excluding tert-OH is 1. The largest absolute Gasteiger partial charge is 0.389 e. The quantitative estimate of drug-likeness (QED) is 0.901. The third-order valence-corrected chi connectivity index (χ3v) is 4.01. The zero-order valence-electron chi connectivity index (χ0n) is 12.2. The summed E-state index contributed by atoms with van der Waals surface area (Å²) < 4.78 is 0. The maximum Gasteiger partial charge on any atom is 0.128 e. The van der Waals surface area contributed by atoms with Crippen molar-refractivity contribution in [3.63, 3.8) is 0 Å². The molecule has 0 spiro atoms. The molecule has 4 nitrogen and oxygen atoms in total. The summed E-state index contributed by atoms with van der Waals surface area (Å²) in [6, 6.07) is 3.95. The number of hydrogen-bond donors (Lipinski definition) is 1. The molecule has 1 N–H and O–H groups in total. The first-order valence-corrected chi connectivity index (χ1v) is 7.10. The van der Waals surface area contributed by atoms with Crippen molar-refractivity contribution in [2.24, 2.45) is 5.92 Å². The van der Waals surface area contributed by atoms with Gasteiger partial charge in [-0.25, -0.2) is 4.98 Å². The molecule has 0 radical (unpaired) electrons. The highest BCUT2D eigenvalue weighted by molar-refractivity contribution is 5.38. The molecule has 0 amide bonds. The van der Waals surface area contributed by atoms with Gasteiger partial charge >= 0.3 is 0 Å². The van der Waals surface area contributed by atoms with Gasteiger partial charge in [-0.2, -0.15) is 0 Å². The highest BCUT2D eigenvalue weighted by Crippen LogP contribution is 2.20. The van der Waals surface area contributed by atoms with Crippen molar-refractivity contribution in [1.29, 1.82) is 0 Å². The lowest BCUT2D eigenvalue weighted by Crippen LogP contribution is -2.35. The van der Waals surface area contributed by atoms with E-state index in [4.69, 9.17) is 0 Å². The second-order valence-electron chi connectivity index (χ2n) is 5.75. The number of anilines is 1. The Bertz CT molecular complexity index is 383. The van der Waals surface area contributed by atoms with E-state index < -0.39 is 6.10 Å². The molecule has 1 aromatic rings. The number of rotatable bonds is 4. The van der Waals surface area contributed by atoms with Crippen LogP contribution in [0.5, 0.6) is 0 Å². The molecule has 1 unspecified atom stereocenters. The number of nitrogens with zero attached hydrogens (tertiary/aromatic N) is 3. The summed E-state index contributed by atoms with van der Waals surface area (Å²) in [4.78, 5) is 9.05. The molecule has 106 valence electrons. The Morgan fingerprint density at radius 1 is 1.42 bits per heavy atom. The number of aliphatic hydroxyl groups is 1. The summed E-state index contributed by atoms with van der Waals surface area (Å²) in [5, 5.41) is 9.48. The molecule has 1 aliphatic rings. The van der Waals surface area contributed by atoms with Gasteiger partial charge in [0.1, 0.15) is 5.82 Å². The predicted molar refractivity (Wildman–Crippen MR) is 78.4 cm³/mol. The Hall–Kier alpha value is -1.13. The van der Waals surface area contributed by atoms with Crippen LogP contribution in [0.3, 0.4) is 0 Å². The summed E-state index contributed by atoms with van der Waals surface area (Å²) in [6.45, 7) is 5.23. The fourth-order valence-electron chi connectivity index (χ4n) is 2.60. The highest BCUT2D eigenvalue weighted by Gasteiger charge is 2.18. The smallest absolute Gasteiger partial charge is 0.128 e. The van der Waals surface area contributed by atoms with Gasteiger partial charge in [0.05, 0.1) is 6.10 Å². The van der Waals surface area contributed by atoms with Crippen LogP contribution in [0.1, 0.15) is 31.4 Å². The summed E-state index contributed by atoms with van der Waals surface area (Å²) in [5.74, 6) is 1.75. The lowest BCUT2D eigenvalue weighted by Gasteiger charge is -2.32. The van der Waals surface area contributed by atoms with Crippen LogP contribution in [-0.4, -0.2) is 48.7 Å². The Balaban J connectivity index is 1.90. The van der Waals surface area contributed by atoms with E-state index in [1.807, 2.05) is 12.1 Å². The number of pyridine rings is 1. The minimum absolute atomic E-state index is 0.444. The van der Waals surface area contributed by atoms with Crippen molar-refractivity contribution in [2.45, 2.75) is 25.9 Å². The molecular formula is C15H25N3O. The first kappa shape index (κ1) is 14.3. The standard InChI is InChI=1S/C15H25N3O/c1-12(19)14-4-5-15(16-10-14)18(3)11-13-6-8-17(2)9-7-13/h4-5,10,12-13,19H,6-9,11H2,1-3H3. The van der Waals surface area contributed by atoms with Crippen molar-refractivity contribution < 1.29 is 5.11 Å². The Morgan fingerprint density at radius 3 is 2.63 bits per heavy atom. The van der Waals surface area contributed by atoms with Gasteiger partial charge in [0.2, 0.25) is 0 Å². The minimum Gasteiger partial charge on any atom is -0.389 e. The monoisotopic (exact) mass is 263 g/mol. The number of aromatic nitrogens is 1. The molecule has 1 atom stereocenters. The van der Waals surface area contributed by atoms with Gasteiger partial charge < -0.3 is 14.9 Å². The number of piperidine rings is 1.